The summed E-state index contributed by atoms with van der Waals surface area (Å²) >= 11 is 1.55. The molecule has 29 heavy (non-hydrogen) atoms. The lowest BCUT2D eigenvalue weighted by Gasteiger charge is -2.23. The van der Waals surface area contributed by atoms with E-state index in [-0.39, 0.29) is 24.8 Å². The molecule has 1 saturated carbocycles. The lowest BCUT2D eigenvalue weighted by atomic mass is 9.95. The number of thiophene rings is 1. The predicted octanol–water partition coefficient (Wildman–Crippen LogP) is 3.59. The summed E-state index contributed by atoms with van der Waals surface area (Å²) in [5, 5.41) is 27.6. The summed E-state index contributed by atoms with van der Waals surface area (Å²) < 4.78 is 5.59. The van der Waals surface area contributed by atoms with E-state index in [0.29, 0.717) is 16.8 Å². The van der Waals surface area contributed by atoms with E-state index in [1.807, 2.05) is 0 Å². The maximum Gasteiger partial charge on any atom is 0.323 e. The van der Waals surface area contributed by atoms with Crippen LogP contribution < -0.4 is 5.32 Å². The van der Waals surface area contributed by atoms with Crippen LogP contribution in [0.2, 0.25) is 0 Å². The Labute approximate surface area is 172 Å². The van der Waals surface area contributed by atoms with Crippen molar-refractivity contribution in [2.24, 2.45) is 0 Å². The number of aliphatic hydroxyl groups is 2. The third-order valence-corrected chi connectivity index (χ3v) is 7.12. The van der Waals surface area contributed by atoms with Crippen molar-refractivity contribution in [3.05, 3.63) is 28.6 Å². The van der Waals surface area contributed by atoms with Gasteiger partial charge in [-0.05, 0) is 44.1 Å². The van der Waals surface area contributed by atoms with E-state index in [2.05, 4.69) is 22.0 Å². The minimum absolute atomic E-state index is 0.117. The highest BCUT2D eigenvalue weighted by Gasteiger charge is 2.37. The molecular weight excluding hydrogens is 392 g/mol. The molecule has 2 aromatic rings. The van der Waals surface area contributed by atoms with Gasteiger partial charge < -0.3 is 19.6 Å². The van der Waals surface area contributed by atoms with E-state index in [9.17, 15) is 15.0 Å². The monoisotopic (exact) mass is 416 g/mol. The normalized spacial score (nSPS) is 23.8. The first-order valence-corrected chi connectivity index (χ1v) is 10.9. The van der Waals surface area contributed by atoms with Crippen LogP contribution >= 0.6 is 11.3 Å². The van der Waals surface area contributed by atoms with Gasteiger partial charge in [-0.3, -0.25) is 5.32 Å². The molecule has 9 heteroatoms. The van der Waals surface area contributed by atoms with Gasteiger partial charge >= 0.3 is 6.03 Å². The Kier molecular flexibility index (Phi) is 4.59. The molecule has 154 valence electrons. The van der Waals surface area contributed by atoms with Crippen molar-refractivity contribution in [3.63, 3.8) is 0 Å². The summed E-state index contributed by atoms with van der Waals surface area (Å²) in [6, 6.07) is -0.962. The fourth-order valence-electron chi connectivity index (χ4n) is 4.25. The van der Waals surface area contributed by atoms with Crippen molar-refractivity contribution < 1.29 is 19.5 Å². The minimum atomic E-state index is -0.678. The second-order valence-corrected chi connectivity index (χ2v) is 9.23. The maximum absolute atomic E-state index is 13.0. The van der Waals surface area contributed by atoms with Crippen LogP contribution in [0.4, 0.5) is 9.80 Å². The number of amides is 2. The first-order valence-electron chi connectivity index (χ1n) is 10.1. The summed E-state index contributed by atoms with van der Waals surface area (Å²) in [5.74, 6) is 1.48. The Morgan fingerprint density at radius 1 is 1.31 bits per heavy atom. The van der Waals surface area contributed by atoms with Gasteiger partial charge in [-0.1, -0.05) is 11.7 Å². The smallest absolute Gasteiger partial charge is 0.323 e. The van der Waals surface area contributed by atoms with E-state index in [4.69, 9.17) is 4.52 Å². The summed E-state index contributed by atoms with van der Waals surface area (Å²) in [6.07, 6.45) is 5.91. The number of nitrogens with zero attached hydrogens (tertiary/aromatic N) is 3. The van der Waals surface area contributed by atoms with Crippen LogP contribution in [0.25, 0.3) is 11.5 Å². The van der Waals surface area contributed by atoms with Gasteiger partial charge in [-0.25, -0.2) is 4.79 Å². The molecule has 3 N–H and O–H groups in total. The Balaban J connectivity index is 1.47. The largest absolute Gasteiger partial charge is 0.511 e. The van der Waals surface area contributed by atoms with Crippen LogP contribution in [0.15, 0.2) is 16.9 Å². The molecule has 5 rings (SSSR count). The van der Waals surface area contributed by atoms with Crippen molar-refractivity contribution in [2.75, 3.05) is 11.9 Å². The number of aryl methyl sites for hydroxylation is 1. The average molecular weight is 417 g/mol. The van der Waals surface area contributed by atoms with Crippen molar-refractivity contribution in [1.82, 2.24) is 15.0 Å². The second-order valence-electron chi connectivity index (χ2n) is 8.13. The number of β-amino-alcohol motifs (C(OH)–C–C–N with tert-alkyl or cyclic N) is 1. The van der Waals surface area contributed by atoms with Gasteiger partial charge in [-0.2, -0.15) is 4.98 Å². The number of likely N-dealkylation sites (tertiary alicyclic amines) is 1. The SMILES string of the molecule is C=C(O)[C@H]1C[C@@H](O)CN1C(=O)Nc1sc2c(c1-c1nc(C3CC3)no1)CCCC2. The molecule has 0 spiro atoms. The Morgan fingerprint density at radius 3 is 2.86 bits per heavy atom. The molecule has 0 unspecified atom stereocenters. The minimum Gasteiger partial charge on any atom is -0.511 e. The van der Waals surface area contributed by atoms with Gasteiger partial charge in [0.1, 0.15) is 10.8 Å². The molecule has 0 aromatic carbocycles. The van der Waals surface area contributed by atoms with E-state index in [1.54, 1.807) is 11.3 Å². The molecule has 2 aromatic heterocycles. The number of aliphatic hydroxyl groups excluding tert-OH is 2. The molecule has 0 bridgehead atoms. The van der Waals surface area contributed by atoms with Crippen molar-refractivity contribution in [2.45, 2.75) is 63.0 Å². The predicted molar refractivity (Wildman–Crippen MR) is 108 cm³/mol. The van der Waals surface area contributed by atoms with Crippen LogP contribution in [0.5, 0.6) is 0 Å². The Hall–Kier alpha value is -2.39. The maximum atomic E-state index is 13.0. The molecule has 2 amide bonds. The molecule has 1 saturated heterocycles. The third-order valence-electron chi connectivity index (χ3n) is 5.91. The number of anilines is 1. The number of carbonyl (C=O) groups is 1. The van der Waals surface area contributed by atoms with Crippen LogP contribution in [-0.4, -0.2) is 50.0 Å². The Morgan fingerprint density at radius 2 is 2.10 bits per heavy atom. The number of fused-ring (bicyclic) bond motifs is 1. The summed E-state index contributed by atoms with van der Waals surface area (Å²) in [4.78, 5) is 20.3. The number of aromatic nitrogens is 2. The highest BCUT2D eigenvalue weighted by atomic mass is 32.1. The number of urea groups is 1. The van der Waals surface area contributed by atoms with Crippen LogP contribution in [0, 0.1) is 0 Å². The molecule has 2 fully saturated rings. The van der Waals surface area contributed by atoms with Crippen molar-refractivity contribution in [3.8, 4) is 11.5 Å². The standard InChI is InChI=1S/C20H24N4O4S/c1-10(25)14-8-12(26)9-24(14)20(27)22-19-16(13-4-2-3-5-15(13)29-19)18-21-17(23-28-18)11-6-7-11/h11-12,14,25-26H,1-9H2,(H,22,27)/t12-,14-/m1/s1. The summed E-state index contributed by atoms with van der Waals surface area (Å²) in [5.41, 5.74) is 2.02. The number of rotatable bonds is 4. The molecule has 2 aliphatic carbocycles. The van der Waals surface area contributed by atoms with Gasteiger partial charge in [0.05, 0.1) is 17.7 Å². The van der Waals surface area contributed by atoms with Gasteiger partial charge in [0, 0.05) is 23.8 Å². The zero-order chi connectivity index (χ0) is 20.1. The summed E-state index contributed by atoms with van der Waals surface area (Å²) in [6.45, 7) is 3.70. The fraction of sp³-hybridized carbons (Fsp3) is 0.550. The van der Waals surface area contributed by atoms with Gasteiger partial charge in [0.15, 0.2) is 5.82 Å². The second kappa shape index (κ2) is 7.14. The topological polar surface area (TPSA) is 112 Å². The lowest BCUT2D eigenvalue weighted by Crippen LogP contribution is -2.39. The molecule has 2 atom stereocenters. The van der Waals surface area contributed by atoms with Crippen LogP contribution in [-0.2, 0) is 12.8 Å². The molecular formula is C20H24N4O4S. The van der Waals surface area contributed by atoms with Crippen molar-refractivity contribution in [1.29, 1.82) is 0 Å². The lowest BCUT2D eigenvalue weighted by molar-refractivity contribution is 0.175. The fourth-order valence-corrected chi connectivity index (χ4v) is 5.52. The first-order chi connectivity index (χ1) is 14.0. The zero-order valence-electron chi connectivity index (χ0n) is 16.1. The van der Waals surface area contributed by atoms with Crippen LogP contribution in [0.1, 0.15) is 54.3 Å². The molecule has 0 radical (unpaired) electrons. The molecule has 3 heterocycles. The number of carbonyl (C=O) groups excluding carboxylic acids is 1. The molecule has 1 aliphatic heterocycles. The highest BCUT2D eigenvalue weighted by Crippen LogP contribution is 2.45. The van der Waals surface area contributed by atoms with Crippen LogP contribution in [0.3, 0.4) is 0 Å². The molecule has 8 nitrogen and oxygen atoms in total. The number of hydrogen-bond acceptors (Lipinski definition) is 7. The first kappa shape index (κ1) is 18.6. The van der Waals surface area contributed by atoms with E-state index >= 15 is 0 Å². The summed E-state index contributed by atoms with van der Waals surface area (Å²) in [7, 11) is 0. The Bertz CT molecular complexity index is 964. The van der Waals surface area contributed by atoms with Gasteiger partial charge in [-0.15, -0.1) is 11.3 Å². The van der Waals surface area contributed by atoms with E-state index < -0.39 is 12.1 Å². The number of nitrogens with one attached hydrogen (secondary N) is 1. The quantitative estimate of drug-likeness (QED) is 0.657. The average Bonchev–Trinajstić information content (AvgIpc) is 3.12. The highest BCUT2D eigenvalue weighted by molar-refractivity contribution is 7.17. The van der Waals surface area contributed by atoms with Crippen molar-refractivity contribution >= 4 is 22.4 Å². The van der Waals surface area contributed by atoms with Gasteiger partial charge in [0.2, 0.25) is 0 Å². The third kappa shape index (κ3) is 3.42. The van der Waals surface area contributed by atoms with E-state index in [0.717, 1.165) is 49.9 Å². The number of hydrogen-bond donors (Lipinski definition) is 3. The zero-order valence-corrected chi connectivity index (χ0v) is 16.9. The van der Waals surface area contributed by atoms with E-state index in [1.165, 1.54) is 15.3 Å². The van der Waals surface area contributed by atoms with Gasteiger partial charge in [0.25, 0.3) is 5.89 Å². The molecule has 3 aliphatic rings.